The number of hydrogen-bond donors (Lipinski definition) is 2. The van der Waals surface area contributed by atoms with Crippen molar-refractivity contribution < 1.29 is 13.2 Å². The number of thiophene rings is 1. The maximum atomic E-state index is 12.3. The van der Waals surface area contributed by atoms with Crippen molar-refractivity contribution >= 4 is 21.4 Å². The van der Waals surface area contributed by atoms with Gasteiger partial charge in [0.05, 0.1) is 6.61 Å². The second-order valence-electron chi connectivity index (χ2n) is 4.69. The maximum Gasteiger partial charge on any atom is 0.250 e. The van der Waals surface area contributed by atoms with Gasteiger partial charge in [-0.1, -0.05) is 13.8 Å². The van der Waals surface area contributed by atoms with E-state index in [2.05, 4.69) is 4.72 Å². The Hall–Kier alpha value is -0.470. The molecule has 0 amide bonds. The number of nitrogens with one attached hydrogen (secondary N) is 1. The molecular formula is C12H22N2O3S2. The summed E-state index contributed by atoms with van der Waals surface area (Å²) in [7, 11) is -1.91. The number of hydrogen-bond acceptors (Lipinski definition) is 5. The molecule has 1 aromatic rings. The van der Waals surface area contributed by atoms with Crippen molar-refractivity contribution in [2.45, 2.75) is 30.5 Å². The Balaban J connectivity index is 2.83. The highest BCUT2D eigenvalue weighted by Gasteiger charge is 2.23. The normalized spacial score (nSPS) is 13.9. The van der Waals surface area contributed by atoms with E-state index < -0.39 is 10.0 Å². The molecule has 0 aliphatic rings. The molecule has 1 heterocycles. The summed E-state index contributed by atoms with van der Waals surface area (Å²) >= 11 is 1.26. The van der Waals surface area contributed by atoms with Crippen LogP contribution in [0.2, 0.25) is 0 Å². The smallest absolute Gasteiger partial charge is 0.250 e. The fourth-order valence-corrected chi connectivity index (χ4v) is 4.34. The third-order valence-corrected chi connectivity index (χ3v) is 5.88. The topological polar surface area (TPSA) is 81.4 Å². The highest BCUT2D eigenvalue weighted by Crippen LogP contribution is 2.22. The minimum Gasteiger partial charge on any atom is -0.383 e. The van der Waals surface area contributed by atoms with E-state index in [4.69, 9.17) is 10.5 Å². The van der Waals surface area contributed by atoms with Gasteiger partial charge in [0, 0.05) is 18.0 Å². The quantitative estimate of drug-likeness (QED) is 0.756. The first kappa shape index (κ1) is 16.6. The number of nitrogens with two attached hydrogens (primary N) is 1. The Morgan fingerprint density at radius 2 is 2.11 bits per heavy atom. The minimum absolute atomic E-state index is 0.165. The molecule has 0 radical (unpaired) electrons. The largest absolute Gasteiger partial charge is 0.383 e. The molecule has 110 valence electrons. The Morgan fingerprint density at radius 3 is 2.63 bits per heavy atom. The number of rotatable bonds is 8. The summed E-state index contributed by atoms with van der Waals surface area (Å²) in [6, 6.07) is 3.21. The lowest BCUT2D eigenvalue weighted by Gasteiger charge is -2.20. The number of ether oxygens (including phenoxy) is 1. The standard InChI is InChI=1S/C12H22N2O3S2/c1-9(2)11(8-17-3)14-19(15,16)12-5-4-10(18-12)6-7-13/h4-5,9,11,14H,6-8,13H2,1-3H3. The zero-order valence-corrected chi connectivity index (χ0v) is 13.2. The van der Waals surface area contributed by atoms with Gasteiger partial charge in [0.15, 0.2) is 0 Å². The molecule has 0 fully saturated rings. The average molecular weight is 306 g/mol. The first-order chi connectivity index (χ1) is 8.90. The first-order valence-corrected chi connectivity index (χ1v) is 8.50. The molecule has 0 aromatic carbocycles. The number of methoxy groups -OCH3 is 1. The van der Waals surface area contributed by atoms with E-state index in [-0.39, 0.29) is 12.0 Å². The van der Waals surface area contributed by atoms with Crippen LogP contribution in [0.25, 0.3) is 0 Å². The van der Waals surface area contributed by atoms with Gasteiger partial charge in [0.25, 0.3) is 0 Å². The zero-order valence-electron chi connectivity index (χ0n) is 11.5. The van der Waals surface area contributed by atoms with Crippen LogP contribution in [0, 0.1) is 5.92 Å². The molecule has 1 atom stereocenters. The second-order valence-corrected chi connectivity index (χ2v) is 7.80. The molecule has 1 aromatic heterocycles. The highest BCUT2D eigenvalue weighted by atomic mass is 32.2. The van der Waals surface area contributed by atoms with Crippen molar-refractivity contribution in [1.29, 1.82) is 0 Å². The van der Waals surface area contributed by atoms with E-state index in [9.17, 15) is 8.42 Å². The first-order valence-electron chi connectivity index (χ1n) is 6.20. The van der Waals surface area contributed by atoms with Gasteiger partial charge in [-0.15, -0.1) is 11.3 Å². The van der Waals surface area contributed by atoms with Gasteiger partial charge >= 0.3 is 0 Å². The van der Waals surface area contributed by atoms with Gasteiger partial charge in [-0.2, -0.15) is 0 Å². The molecule has 19 heavy (non-hydrogen) atoms. The van der Waals surface area contributed by atoms with Crippen LogP contribution in [0.15, 0.2) is 16.3 Å². The zero-order chi connectivity index (χ0) is 14.5. The minimum atomic E-state index is -3.48. The van der Waals surface area contributed by atoms with E-state index in [0.717, 1.165) is 4.88 Å². The lowest BCUT2D eigenvalue weighted by molar-refractivity contribution is 0.157. The number of sulfonamides is 1. The van der Waals surface area contributed by atoms with Crippen LogP contribution in [-0.4, -0.2) is 34.7 Å². The lowest BCUT2D eigenvalue weighted by atomic mass is 10.1. The molecule has 7 heteroatoms. The molecule has 0 spiro atoms. The molecule has 0 aliphatic heterocycles. The van der Waals surface area contributed by atoms with E-state index in [0.29, 0.717) is 23.8 Å². The SMILES string of the molecule is COCC(NS(=O)(=O)c1ccc(CCN)s1)C(C)C. The van der Waals surface area contributed by atoms with Crippen LogP contribution < -0.4 is 10.5 Å². The van der Waals surface area contributed by atoms with E-state index in [1.165, 1.54) is 11.3 Å². The highest BCUT2D eigenvalue weighted by molar-refractivity contribution is 7.91. The van der Waals surface area contributed by atoms with E-state index >= 15 is 0 Å². The molecule has 5 nitrogen and oxygen atoms in total. The second kappa shape index (κ2) is 7.35. The summed E-state index contributed by atoms with van der Waals surface area (Å²) in [6.45, 7) is 4.80. The molecule has 0 bridgehead atoms. The molecular weight excluding hydrogens is 284 g/mol. The van der Waals surface area contributed by atoms with Crippen LogP contribution in [0.4, 0.5) is 0 Å². The van der Waals surface area contributed by atoms with Gasteiger partial charge in [0.1, 0.15) is 4.21 Å². The summed E-state index contributed by atoms with van der Waals surface area (Å²) < 4.78 is 32.6. The van der Waals surface area contributed by atoms with Crippen molar-refractivity contribution in [2.24, 2.45) is 11.7 Å². The van der Waals surface area contributed by atoms with Crippen molar-refractivity contribution in [3.63, 3.8) is 0 Å². The van der Waals surface area contributed by atoms with Gasteiger partial charge in [-0.3, -0.25) is 0 Å². The fraction of sp³-hybridized carbons (Fsp3) is 0.667. The Morgan fingerprint density at radius 1 is 1.42 bits per heavy atom. The summed E-state index contributed by atoms with van der Waals surface area (Å²) in [5.74, 6) is 0.165. The van der Waals surface area contributed by atoms with Crippen LogP contribution in [0.1, 0.15) is 18.7 Å². The summed E-state index contributed by atoms with van der Waals surface area (Å²) in [6.07, 6.45) is 0.700. The van der Waals surface area contributed by atoms with Gasteiger partial charge in [-0.25, -0.2) is 13.1 Å². The molecule has 1 rings (SSSR count). The van der Waals surface area contributed by atoms with Crippen LogP contribution in [0.3, 0.4) is 0 Å². The summed E-state index contributed by atoms with van der Waals surface area (Å²) in [5, 5.41) is 0. The van der Waals surface area contributed by atoms with Gasteiger partial charge in [-0.05, 0) is 31.0 Å². The predicted octanol–water partition coefficient (Wildman–Crippen LogP) is 1.20. The predicted molar refractivity (Wildman–Crippen MR) is 77.9 cm³/mol. The molecule has 0 saturated heterocycles. The van der Waals surface area contributed by atoms with Crippen LogP contribution in [-0.2, 0) is 21.2 Å². The van der Waals surface area contributed by atoms with Crippen LogP contribution >= 0.6 is 11.3 Å². The Kier molecular flexibility index (Phi) is 6.41. The van der Waals surface area contributed by atoms with Gasteiger partial charge < -0.3 is 10.5 Å². The average Bonchev–Trinajstić information content (AvgIpc) is 2.78. The third-order valence-electron chi connectivity index (χ3n) is 2.75. The summed E-state index contributed by atoms with van der Waals surface area (Å²) in [5.41, 5.74) is 5.46. The summed E-state index contributed by atoms with van der Waals surface area (Å²) in [4.78, 5) is 0.982. The van der Waals surface area contributed by atoms with E-state index in [1.807, 2.05) is 19.9 Å². The van der Waals surface area contributed by atoms with Crippen molar-refractivity contribution in [3.8, 4) is 0 Å². The lowest BCUT2D eigenvalue weighted by Crippen LogP contribution is -2.41. The van der Waals surface area contributed by atoms with Crippen molar-refractivity contribution in [2.75, 3.05) is 20.3 Å². The van der Waals surface area contributed by atoms with Crippen molar-refractivity contribution in [1.82, 2.24) is 4.72 Å². The fourth-order valence-electron chi connectivity index (χ4n) is 1.58. The molecule has 0 aliphatic carbocycles. The Bertz CT molecular complexity index is 483. The van der Waals surface area contributed by atoms with Gasteiger partial charge in [0.2, 0.25) is 10.0 Å². The maximum absolute atomic E-state index is 12.3. The molecule has 3 N–H and O–H groups in total. The molecule has 1 unspecified atom stereocenters. The monoisotopic (exact) mass is 306 g/mol. The van der Waals surface area contributed by atoms with E-state index in [1.54, 1.807) is 13.2 Å². The van der Waals surface area contributed by atoms with Crippen LogP contribution in [0.5, 0.6) is 0 Å². The molecule has 0 saturated carbocycles. The van der Waals surface area contributed by atoms with Crippen molar-refractivity contribution in [3.05, 3.63) is 17.0 Å². The Labute approximate surface area is 119 Å². The third kappa shape index (κ3) is 4.85.